The molecule has 0 bridgehead atoms. The summed E-state index contributed by atoms with van der Waals surface area (Å²) in [5, 5.41) is 2.86. The number of carbonyl (C=O) groups excluding carboxylic acids is 1. The molecule has 0 aliphatic carbocycles. The highest BCUT2D eigenvalue weighted by atomic mass is 32.2. The van der Waals surface area contributed by atoms with Crippen molar-refractivity contribution in [3.8, 4) is 0 Å². The molecule has 0 saturated carbocycles. The zero-order valence-electron chi connectivity index (χ0n) is 13.1. The molecule has 0 aromatic heterocycles. The van der Waals surface area contributed by atoms with Gasteiger partial charge in [-0.3, -0.25) is 9.52 Å². The molecule has 2 N–H and O–H groups in total. The van der Waals surface area contributed by atoms with E-state index < -0.39 is 10.0 Å². The predicted molar refractivity (Wildman–Crippen MR) is 90.9 cm³/mol. The molecule has 122 valence electrons. The molecule has 5 nitrogen and oxygen atoms in total. The van der Waals surface area contributed by atoms with Crippen LogP contribution in [0.25, 0.3) is 0 Å². The van der Waals surface area contributed by atoms with Crippen LogP contribution in [0.2, 0.25) is 0 Å². The molecule has 1 amide bonds. The molecule has 6 heteroatoms. The standard InChI is InChI=1S/C17H20N2O3S/c1-3-13(2)18-17(20)14-9-11-15(12-10-14)19-23(21,22)16-7-5-4-6-8-16/h4-13,19H,3H2,1-2H3,(H,18,20)/t13-/m1/s1. The molecule has 23 heavy (non-hydrogen) atoms. The maximum Gasteiger partial charge on any atom is 0.261 e. The average Bonchev–Trinajstić information content (AvgIpc) is 2.55. The molecule has 2 aromatic rings. The van der Waals surface area contributed by atoms with E-state index in [1.54, 1.807) is 42.5 Å². The number of hydrogen-bond donors (Lipinski definition) is 2. The molecule has 2 aromatic carbocycles. The van der Waals surface area contributed by atoms with Crippen LogP contribution in [0.4, 0.5) is 5.69 Å². The van der Waals surface area contributed by atoms with Gasteiger partial charge in [-0.2, -0.15) is 0 Å². The van der Waals surface area contributed by atoms with E-state index in [9.17, 15) is 13.2 Å². The Morgan fingerprint density at radius 2 is 1.65 bits per heavy atom. The highest BCUT2D eigenvalue weighted by molar-refractivity contribution is 7.92. The molecule has 0 unspecified atom stereocenters. The Morgan fingerprint density at radius 3 is 2.22 bits per heavy atom. The van der Waals surface area contributed by atoms with Crippen molar-refractivity contribution in [3.63, 3.8) is 0 Å². The minimum Gasteiger partial charge on any atom is -0.350 e. The van der Waals surface area contributed by atoms with Gasteiger partial charge in [0.05, 0.1) is 4.90 Å². The minimum absolute atomic E-state index is 0.0961. The summed E-state index contributed by atoms with van der Waals surface area (Å²) in [7, 11) is -3.62. The monoisotopic (exact) mass is 332 g/mol. The van der Waals surface area contributed by atoms with Gasteiger partial charge in [-0.15, -0.1) is 0 Å². The Morgan fingerprint density at radius 1 is 1.04 bits per heavy atom. The van der Waals surface area contributed by atoms with Crippen molar-refractivity contribution in [3.05, 3.63) is 60.2 Å². The number of nitrogens with one attached hydrogen (secondary N) is 2. The number of hydrogen-bond acceptors (Lipinski definition) is 3. The van der Waals surface area contributed by atoms with Crippen molar-refractivity contribution >= 4 is 21.6 Å². The van der Waals surface area contributed by atoms with Crippen LogP contribution < -0.4 is 10.0 Å². The fourth-order valence-corrected chi connectivity index (χ4v) is 2.99. The number of benzene rings is 2. The lowest BCUT2D eigenvalue weighted by Gasteiger charge is -2.12. The summed E-state index contributed by atoms with van der Waals surface area (Å²) in [6.07, 6.45) is 0.848. The fourth-order valence-electron chi connectivity index (χ4n) is 1.91. The first-order chi connectivity index (χ1) is 10.9. The van der Waals surface area contributed by atoms with Crippen molar-refractivity contribution in [2.24, 2.45) is 0 Å². The van der Waals surface area contributed by atoms with Crippen LogP contribution in [-0.4, -0.2) is 20.4 Å². The summed E-state index contributed by atoms with van der Waals surface area (Å²) in [6, 6.07) is 14.6. The lowest BCUT2D eigenvalue weighted by atomic mass is 10.1. The fraction of sp³-hybridized carbons (Fsp3) is 0.235. The van der Waals surface area contributed by atoms with Gasteiger partial charge in [-0.25, -0.2) is 8.42 Å². The Hall–Kier alpha value is -2.34. The van der Waals surface area contributed by atoms with Crippen molar-refractivity contribution in [2.45, 2.75) is 31.2 Å². The molecular weight excluding hydrogens is 312 g/mol. The van der Waals surface area contributed by atoms with E-state index in [0.717, 1.165) is 6.42 Å². The topological polar surface area (TPSA) is 75.3 Å². The molecule has 0 fully saturated rings. The lowest BCUT2D eigenvalue weighted by molar-refractivity contribution is 0.0939. The van der Waals surface area contributed by atoms with Crippen LogP contribution in [-0.2, 0) is 10.0 Å². The SMILES string of the molecule is CC[C@@H](C)NC(=O)c1ccc(NS(=O)(=O)c2ccccc2)cc1. The van der Waals surface area contributed by atoms with Gasteiger partial charge in [0.1, 0.15) is 0 Å². The van der Waals surface area contributed by atoms with Crippen LogP contribution in [0.1, 0.15) is 30.6 Å². The summed E-state index contributed by atoms with van der Waals surface area (Å²) < 4.78 is 26.9. The third kappa shape index (κ3) is 4.56. The van der Waals surface area contributed by atoms with Gasteiger partial charge in [0, 0.05) is 17.3 Å². The summed E-state index contributed by atoms with van der Waals surface area (Å²) in [6.45, 7) is 3.92. The molecule has 0 radical (unpaired) electrons. The number of amides is 1. The van der Waals surface area contributed by atoms with Crippen LogP contribution in [0.15, 0.2) is 59.5 Å². The first kappa shape index (κ1) is 17.0. The summed E-state index contributed by atoms with van der Waals surface area (Å²) in [5.41, 5.74) is 0.905. The number of anilines is 1. The van der Waals surface area contributed by atoms with E-state index in [-0.39, 0.29) is 16.8 Å². The molecule has 0 saturated heterocycles. The second-order valence-corrected chi connectivity index (χ2v) is 6.96. The van der Waals surface area contributed by atoms with E-state index in [2.05, 4.69) is 10.0 Å². The van der Waals surface area contributed by atoms with Crippen LogP contribution in [0.3, 0.4) is 0 Å². The third-order valence-corrected chi connectivity index (χ3v) is 4.84. The Bertz CT molecular complexity index is 756. The van der Waals surface area contributed by atoms with Crippen molar-refractivity contribution < 1.29 is 13.2 Å². The highest BCUT2D eigenvalue weighted by Gasteiger charge is 2.14. The largest absolute Gasteiger partial charge is 0.350 e. The van der Waals surface area contributed by atoms with Crippen LogP contribution >= 0.6 is 0 Å². The molecule has 0 aliphatic heterocycles. The molecule has 0 heterocycles. The van der Waals surface area contributed by atoms with E-state index in [1.165, 1.54) is 12.1 Å². The van der Waals surface area contributed by atoms with Crippen molar-refractivity contribution in [1.82, 2.24) is 5.32 Å². The number of sulfonamides is 1. The molecule has 0 aliphatic rings. The molecular formula is C17H20N2O3S. The van der Waals surface area contributed by atoms with E-state index in [1.807, 2.05) is 13.8 Å². The first-order valence-corrected chi connectivity index (χ1v) is 8.89. The predicted octanol–water partition coefficient (Wildman–Crippen LogP) is 3.02. The van der Waals surface area contributed by atoms with Gasteiger partial charge in [0.2, 0.25) is 0 Å². The van der Waals surface area contributed by atoms with Gasteiger partial charge in [-0.05, 0) is 49.7 Å². The smallest absolute Gasteiger partial charge is 0.261 e. The average molecular weight is 332 g/mol. The zero-order chi connectivity index (χ0) is 16.9. The summed E-state index contributed by atoms with van der Waals surface area (Å²) in [5.74, 6) is -0.170. The maximum atomic E-state index is 12.2. The second-order valence-electron chi connectivity index (χ2n) is 5.28. The number of carbonyl (C=O) groups is 1. The Labute approximate surface area is 136 Å². The maximum absolute atomic E-state index is 12.2. The lowest BCUT2D eigenvalue weighted by Crippen LogP contribution is -2.31. The van der Waals surface area contributed by atoms with E-state index in [0.29, 0.717) is 11.3 Å². The third-order valence-electron chi connectivity index (χ3n) is 3.44. The quantitative estimate of drug-likeness (QED) is 0.854. The zero-order valence-corrected chi connectivity index (χ0v) is 13.9. The van der Waals surface area contributed by atoms with Gasteiger partial charge in [0.15, 0.2) is 0 Å². The highest BCUT2D eigenvalue weighted by Crippen LogP contribution is 2.16. The first-order valence-electron chi connectivity index (χ1n) is 7.41. The van der Waals surface area contributed by atoms with Crippen molar-refractivity contribution in [1.29, 1.82) is 0 Å². The molecule has 2 rings (SSSR count). The van der Waals surface area contributed by atoms with Gasteiger partial charge in [-0.1, -0.05) is 25.1 Å². The number of rotatable bonds is 6. The summed E-state index contributed by atoms with van der Waals surface area (Å²) in [4.78, 5) is 12.2. The van der Waals surface area contributed by atoms with Crippen LogP contribution in [0.5, 0.6) is 0 Å². The van der Waals surface area contributed by atoms with Crippen LogP contribution in [0, 0.1) is 0 Å². The molecule has 0 spiro atoms. The normalized spacial score (nSPS) is 12.4. The summed E-state index contributed by atoms with van der Waals surface area (Å²) >= 11 is 0. The minimum atomic E-state index is -3.62. The second kappa shape index (κ2) is 7.28. The molecule has 1 atom stereocenters. The van der Waals surface area contributed by atoms with Gasteiger partial charge >= 0.3 is 0 Å². The van der Waals surface area contributed by atoms with Crippen molar-refractivity contribution in [2.75, 3.05) is 4.72 Å². The Balaban J connectivity index is 2.10. The van der Waals surface area contributed by atoms with E-state index >= 15 is 0 Å². The van der Waals surface area contributed by atoms with E-state index in [4.69, 9.17) is 0 Å². The van der Waals surface area contributed by atoms with Gasteiger partial charge < -0.3 is 5.32 Å². The Kier molecular flexibility index (Phi) is 5.39. The van der Waals surface area contributed by atoms with Gasteiger partial charge in [0.25, 0.3) is 15.9 Å².